The molecule has 0 bridgehead atoms. The lowest BCUT2D eigenvalue weighted by atomic mass is 10.3. The van der Waals surface area contributed by atoms with E-state index in [2.05, 4.69) is 25.3 Å². The molecule has 9 nitrogen and oxygen atoms in total. The molecule has 2 amide bonds. The van der Waals surface area contributed by atoms with Gasteiger partial charge < -0.3 is 19.5 Å². The zero-order valence-corrected chi connectivity index (χ0v) is 13.0. The lowest BCUT2D eigenvalue weighted by Crippen LogP contribution is -2.52. The summed E-state index contributed by atoms with van der Waals surface area (Å²) in [6, 6.07) is 1.78. The molecule has 1 saturated heterocycles. The Morgan fingerprint density at radius 2 is 2.12 bits per heavy atom. The number of carbonyl (C=O) groups is 1. The first-order valence-electron chi connectivity index (χ1n) is 7.74. The highest BCUT2D eigenvalue weighted by Crippen LogP contribution is 2.15. The van der Waals surface area contributed by atoms with Crippen molar-refractivity contribution in [3.05, 3.63) is 42.9 Å². The fraction of sp³-hybridized carbons (Fsp3) is 0.333. The number of carbonyl (C=O) groups excluding carboxylic acids is 1. The van der Waals surface area contributed by atoms with Gasteiger partial charge in [-0.3, -0.25) is 4.98 Å². The zero-order chi connectivity index (χ0) is 16.4. The first-order chi connectivity index (χ1) is 11.8. The van der Waals surface area contributed by atoms with Crippen LogP contribution in [-0.4, -0.2) is 56.7 Å². The Bertz CT molecular complexity index is 821. The number of hydrogen-bond donors (Lipinski definition) is 1. The van der Waals surface area contributed by atoms with Gasteiger partial charge in [0.15, 0.2) is 11.5 Å². The number of furan rings is 1. The second-order valence-corrected chi connectivity index (χ2v) is 5.56. The number of anilines is 1. The van der Waals surface area contributed by atoms with Crippen molar-refractivity contribution in [1.82, 2.24) is 29.8 Å². The predicted octanol–water partition coefficient (Wildman–Crippen LogP) is 0.749. The van der Waals surface area contributed by atoms with Crippen LogP contribution in [-0.2, 0) is 6.54 Å². The molecule has 124 valence electrons. The van der Waals surface area contributed by atoms with Crippen molar-refractivity contribution < 1.29 is 9.21 Å². The third-order valence-electron chi connectivity index (χ3n) is 4.09. The number of urea groups is 1. The highest BCUT2D eigenvalue weighted by molar-refractivity contribution is 5.74. The molecule has 0 radical (unpaired) electrons. The third-order valence-corrected chi connectivity index (χ3v) is 4.09. The van der Waals surface area contributed by atoms with E-state index in [9.17, 15) is 4.79 Å². The molecule has 0 unspecified atom stereocenters. The highest BCUT2D eigenvalue weighted by Gasteiger charge is 2.22. The normalized spacial score (nSPS) is 15.0. The average molecular weight is 327 g/mol. The Kier molecular flexibility index (Phi) is 3.73. The number of hydrogen-bond acceptors (Lipinski definition) is 6. The van der Waals surface area contributed by atoms with Gasteiger partial charge in [0, 0.05) is 38.3 Å². The van der Waals surface area contributed by atoms with Crippen LogP contribution in [0.5, 0.6) is 0 Å². The molecule has 0 saturated carbocycles. The van der Waals surface area contributed by atoms with Crippen molar-refractivity contribution in [3.8, 4) is 0 Å². The number of piperazine rings is 1. The van der Waals surface area contributed by atoms with Gasteiger partial charge in [-0.25, -0.2) is 9.78 Å². The molecular formula is C15H17N7O2. The molecule has 1 N–H and O–H groups in total. The summed E-state index contributed by atoms with van der Waals surface area (Å²) in [5.74, 6) is 0.892. The summed E-state index contributed by atoms with van der Waals surface area (Å²) in [5.41, 5.74) is 1.67. The molecule has 0 aromatic carbocycles. The number of aromatic nitrogens is 4. The van der Waals surface area contributed by atoms with Crippen LogP contribution in [0.15, 0.2) is 41.7 Å². The van der Waals surface area contributed by atoms with Crippen molar-refractivity contribution in [3.63, 3.8) is 0 Å². The maximum Gasteiger partial charge on any atom is 0.317 e. The van der Waals surface area contributed by atoms with Crippen LogP contribution >= 0.6 is 0 Å². The Morgan fingerprint density at radius 1 is 1.25 bits per heavy atom. The van der Waals surface area contributed by atoms with Crippen molar-refractivity contribution in [2.24, 2.45) is 0 Å². The number of nitrogens with zero attached hydrogens (tertiary/aromatic N) is 6. The van der Waals surface area contributed by atoms with E-state index >= 15 is 0 Å². The van der Waals surface area contributed by atoms with Crippen LogP contribution < -0.4 is 10.2 Å². The molecule has 1 fully saturated rings. The van der Waals surface area contributed by atoms with Gasteiger partial charge in [-0.1, -0.05) is 0 Å². The minimum atomic E-state index is -0.0621. The van der Waals surface area contributed by atoms with E-state index in [4.69, 9.17) is 4.42 Å². The molecular weight excluding hydrogens is 310 g/mol. The Hall–Kier alpha value is -3.10. The molecule has 0 spiro atoms. The van der Waals surface area contributed by atoms with E-state index < -0.39 is 0 Å². The van der Waals surface area contributed by atoms with Crippen molar-refractivity contribution >= 4 is 17.5 Å². The van der Waals surface area contributed by atoms with Gasteiger partial charge in [-0.15, -0.1) is 0 Å². The van der Waals surface area contributed by atoms with Crippen molar-refractivity contribution in [2.45, 2.75) is 6.54 Å². The van der Waals surface area contributed by atoms with Gasteiger partial charge in [-0.2, -0.15) is 9.61 Å². The third kappa shape index (κ3) is 2.75. The van der Waals surface area contributed by atoms with E-state index in [1.165, 1.54) is 6.33 Å². The van der Waals surface area contributed by atoms with E-state index in [1.54, 1.807) is 29.4 Å². The fourth-order valence-corrected chi connectivity index (χ4v) is 2.78. The van der Waals surface area contributed by atoms with Gasteiger partial charge in [0.05, 0.1) is 24.9 Å². The minimum absolute atomic E-state index is 0.0621. The quantitative estimate of drug-likeness (QED) is 0.763. The Balaban J connectivity index is 1.36. The number of fused-ring (bicyclic) bond motifs is 1. The molecule has 1 aliphatic rings. The fourth-order valence-electron chi connectivity index (χ4n) is 2.78. The second-order valence-electron chi connectivity index (χ2n) is 5.56. The molecule has 3 aromatic rings. The SMILES string of the molecule is O=C(NCc1ccoc1)N1CCN(c2cncc3ncnn23)CC1. The summed E-state index contributed by atoms with van der Waals surface area (Å²) in [4.78, 5) is 24.6. The minimum Gasteiger partial charge on any atom is -0.472 e. The number of amides is 2. The van der Waals surface area contributed by atoms with Crippen molar-refractivity contribution in [1.29, 1.82) is 0 Å². The molecule has 4 heterocycles. The lowest BCUT2D eigenvalue weighted by Gasteiger charge is -2.35. The molecule has 1 aliphatic heterocycles. The molecule has 3 aromatic heterocycles. The Labute approximate surface area is 137 Å². The number of nitrogens with one attached hydrogen (secondary N) is 1. The molecule has 24 heavy (non-hydrogen) atoms. The van der Waals surface area contributed by atoms with Gasteiger partial charge in [-0.05, 0) is 6.07 Å². The maximum absolute atomic E-state index is 12.2. The summed E-state index contributed by atoms with van der Waals surface area (Å²) in [7, 11) is 0. The summed E-state index contributed by atoms with van der Waals surface area (Å²) < 4.78 is 6.76. The van der Waals surface area contributed by atoms with Gasteiger partial charge in [0.25, 0.3) is 0 Å². The van der Waals surface area contributed by atoms with Crippen LogP contribution in [0.25, 0.3) is 5.65 Å². The van der Waals surface area contributed by atoms with Crippen LogP contribution in [0, 0.1) is 0 Å². The Morgan fingerprint density at radius 3 is 2.92 bits per heavy atom. The van der Waals surface area contributed by atoms with Crippen LogP contribution in [0.3, 0.4) is 0 Å². The average Bonchev–Trinajstić information content (AvgIpc) is 3.31. The smallest absolute Gasteiger partial charge is 0.317 e. The van der Waals surface area contributed by atoms with Gasteiger partial charge in [0.1, 0.15) is 6.33 Å². The monoisotopic (exact) mass is 327 g/mol. The molecule has 0 atom stereocenters. The molecule has 9 heteroatoms. The molecule has 4 rings (SSSR count). The highest BCUT2D eigenvalue weighted by atomic mass is 16.3. The van der Waals surface area contributed by atoms with Gasteiger partial charge in [0.2, 0.25) is 0 Å². The van der Waals surface area contributed by atoms with Gasteiger partial charge >= 0.3 is 6.03 Å². The summed E-state index contributed by atoms with van der Waals surface area (Å²) in [5, 5.41) is 7.13. The number of rotatable bonds is 3. The first kappa shape index (κ1) is 14.5. The summed E-state index contributed by atoms with van der Waals surface area (Å²) in [6.07, 6.45) is 8.19. The van der Waals surface area contributed by atoms with Crippen molar-refractivity contribution in [2.75, 3.05) is 31.1 Å². The van der Waals surface area contributed by atoms with Crippen LogP contribution in [0.4, 0.5) is 10.6 Å². The van der Waals surface area contributed by atoms with E-state index in [0.717, 1.165) is 24.5 Å². The topological polar surface area (TPSA) is 91.8 Å². The summed E-state index contributed by atoms with van der Waals surface area (Å²) in [6.45, 7) is 3.20. The summed E-state index contributed by atoms with van der Waals surface area (Å²) >= 11 is 0. The second kappa shape index (κ2) is 6.19. The van der Waals surface area contributed by atoms with Crippen LogP contribution in [0.2, 0.25) is 0 Å². The predicted molar refractivity (Wildman–Crippen MR) is 85.5 cm³/mol. The van der Waals surface area contributed by atoms with E-state index in [0.29, 0.717) is 25.3 Å². The maximum atomic E-state index is 12.2. The lowest BCUT2D eigenvalue weighted by molar-refractivity contribution is 0.193. The van der Waals surface area contributed by atoms with E-state index in [-0.39, 0.29) is 6.03 Å². The largest absolute Gasteiger partial charge is 0.472 e. The zero-order valence-electron chi connectivity index (χ0n) is 13.0. The van der Waals surface area contributed by atoms with Crippen LogP contribution in [0.1, 0.15) is 5.56 Å². The van der Waals surface area contributed by atoms with E-state index in [1.807, 2.05) is 11.0 Å². The standard InChI is InChI=1S/C15H17N7O2/c23-15(17-7-12-1-6-24-10-12)21-4-2-20(3-5-21)14-9-16-8-13-18-11-19-22(13)14/h1,6,8-11H,2-5,7H2,(H,17,23). The molecule has 0 aliphatic carbocycles. The first-order valence-corrected chi connectivity index (χ1v) is 7.74.